The maximum Gasteiger partial charge on any atom is 0.205 e. The predicted octanol–water partition coefficient (Wildman–Crippen LogP) is 4.99. The van der Waals surface area contributed by atoms with Crippen molar-refractivity contribution in [1.29, 1.82) is 0 Å². The van der Waals surface area contributed by atoms with E-state index in [-0.39, 0.29) is 11.5 Å². The van der Waals surface area contributed by atoms with E-state index in [1.165, 1.54) is 18.4 Å². The summed E-state index contributed by atoms with van der Waals surface area (Å²) < 4.78 is 6.29. The second-order valence-corrected chi connectivity index (χ2v) is 10.1. The summed E-state index contributed by atoms with van der Waals surface area (Å²) in [6.45, 7) is 12.1. The normalized spacial score (nSPS) is 17.0. The van der Waals surface area contributed by atoms with Crippen molar-refractivity contribution in [2.45, 2.75) is 65.3 Å². The van der Waals surface area contributed by atoms with Gasteiger partial charge in [0.05, 0.1) is 6.10 Å². The van der Waals surface area contributed by atoms with Gasteiger partial charge >= 0.3 is 0 Å². The lowest BCUT2D eigenvalue weighted by atomic mass is 9.84. The molecule has 4 heteroatoms. The largest absolute Gasteiger partial charge is 0.410 e. The second kappa shape index (κ2) is 7.48. The minimum Gasteiger partial charge on any atom is -0.410 e. The molecule has 1 aromatic carbocycles. The molecular weight excluding hydrogens is 310 g/mol. The zero-order valence-corrected chi connectivity index (χ0v) is 16.3. The highest BCUT2D eigenvalue weighted by Crippen LogP contribution is 2.40. The molecule has 1 aliphatic carbocycles. The standard InChI is InChI=1S/C18H29ClNOSi/c1-18(2,3)17(21-22(4)5)15-12-13(6-9-16(15)19)10-11-20-14-7-8-14/h6,9,12,14,17,20H,7-8,10-11H2,1-5H3. The molecule has 0 amide bonds. The molecule has 2 rings (SSSR count). The van der Waals surface area contributed by atoms with Crippen LogP contribution in [-0.4, -0.2) is 21.6 Å². The van der Waals surface area contributed by atoms with Crippen molar-refractivity contribution in [3.05, 3.63) is 34.3 Å². The molecule has 0 bridgehead atoms. The van der Waals surface area contributed by atoms with Crippen molar-refractivity contribution >= 4 is 20.6 Å². The molecule has 0 spiro atoms. The number of benzene rings is 1. The third-order valence-corrected chi connectivity index (χ3v) is 4.96. The third-order valence-electron chi connectivity index (χ3n) is 3.91. The number of hydrogen-bond acceptors (Lipinski definition) is 2. The van der Waals surface area contributed by atoms with Gasteiger partial charge in [0.1, 0.15) is 0 Å². The fourth-order valence-electron chi connectivity index (χ4n) is 2.60. The van der Waals surface area contributed by atoms with Gasteiger partial charge in [-0.3, -0.25) is 0 Å². The Hall–Kier alpha value is -0.353. The highest BCUT2D eigenvalue weighted by Gasteiger charge is 2.30. The number of halogens is 1. The van der Waals surface area contributed by atoms with Gasteiger partial charge in [0, 0.05) is 11.1 Å². The fraction of sp³-hybridized carbons (Fsp3) is 0.667. The second-order valence-electron chi connectivity index (χ2n) is 7.61. The Morgan fingerprint density at radius 3 is 2.55 bits per heavy atom. The van der Waals surface area contributed by atoms with Crippen LogP contribution in [0.25, 0.3) is 0 Å². The lowest BCUT2D eigenvalue weighted by Gasteiger charge is -2.33. The first-order valence-electron chi connectivity index (χ1n) is 8.26. The average molecular weight is 339 g/mol. The summed E-state index contributed by atoms with van der Waals surface area (Å²) in [4.78, 5) is 0. The van der Waals surface area contributed by atoms with Gasteiger partial charge < -0.3 is 9.74 Å². The predicted molar refractivity (Wildman–Crippen MR) is 96.9 cm³/mol. The van der Waals surface area contributed by atoms with E-state index in [0.29, 0.717) is 0 Å². The maximum atomic E-state index is 6.49. The zero-order valence-electron chi connectivity index (χ0n) is 14.5. The van der Waals surface area contributed by atoms with Crippen molar-refractivity contribution in [2.75, 3.05) is 6.54 Å². The van der Waals surface area contributed by atoms with Gasteiger partial charge in [0.25, 0.3) is 0 Å². The first-order chi connectivity index (χ1) is 10.3. The first kappa shape index (κ1) is 18.0. The van der Waals surface area contributed by atoms with Crippen molar-refractivity contribution < 1.29 is 4.43 Å². The van der Waals surface area contributed by atoms with E-state index < -0.39 is 9.04 Å². The Balaban J connectivity index is 2.14. The van der Waals surface area contributed by atoms with Crippen LogP contribution in [-0.2, 0) is 10.8 Å². The fourth-order valence-corrected chi connectivity index (χ4v) is 3.77. The Kier molecular flexibility index (Phi) is 6.12. The smallest absolute Gasteiger partial charge is 0.205 e. The molecule has 123 valence electrons. The Morgan fingerprint density at radius 1 is 1.32 bits per heavy atom. The maximum absolute atomic E-state index is 6.49. The van der Waals surface area contributed by atoms with Crippen molar-refractivity contribution in [3.8, 4) is 0 Å². The van der Waals surface area contributed by atoms with Gasteiger partial charge in [-0.15, -0.1) is 0 Å². The van der Waals surface area contributed by atoms with Gasteiger partial charge in [-0.2, -0.15) is 0 Å². The summed E-state index contributed by atoms with van der Waals surface area (Å²) in [5.74, 6) is 0. The van der Waals surface area contributed by atoms with Crippen LogP contribution in [0.15, 0.2) is 18.2 Å². The zero-order chi connectivity index (χ0) is 16.3. The molecule has 1 saturated carbocycles. The molecule has 2 nitrogen and oxygen atoms in total. The average Bonchev–Trinajstić information content (AvgIpc) is 3.21. The molecule has 1 aliphatic rings. The first-order valence-corrected chi connectivity index (χ1v) is 11.0. The van der Waals surface area contributed by atoms with E-state index >= 15 is 0 Å². The lowest BCUT2D eigenvalue weighted by Crippen LogP contribution is -2.26. The van der Waals surface area contributed by atoms with Gasteiger partial charge in [0.2, 0.25) is 9.04 Å². The van der Waals surface area contributed by atoms with Crippen LogP contribution < -0.4 is 5.32 Å². The van der Waals surface area contributed by atoms with E-state index in [9.17, 15) is 0 Å². The van der Waals surface area contributed by atoms with Crippen molar-refractivity contribution in [2.24, 2.45) is 5.41 Å². The van der Waals surface area contributed by atoms with E-state index in [2.05, 4.69) is 51.3 Å². The minimum absolute atomic E-state index is 0.0382. The minimum atomic E-state index is -0.782. The van der Waals surface area contributed by atoms with Crippen LogP contribution in [0, 0.1) is 5.41 Å². The Bertz CT molecular complexity index is 494. The molecule has 1 fully saturated rings. The van der Waals surface area contributed by atoms with E-state index in [4.69, 9.17) is 16.0 Å². The van der Waals surface area contributed by atoms with E-state index in [1.54, 1.807) is 0 Å². The summed E-state index contributed by atoms with van der Waals surface area (Å²) in [6, 6.07) is 7.19. The highest BCUT2D eigenvalue weighted by molar-refractivity contribution is 6.48. The van der Waals surface area contributed by atoms with Gasteiger partial charge in [-0.05, 0) is 61.5 Å². The molecule has 1 N–H and O–H groups in total. The molecule has 0 heterocycles. The summed E-state index contributed by atoms with van der Waals surface area (Å²) in [7, 11) is -0.782. The van der Waals surface area contributed by atoms with Crippen LogP contribution in [0.2, 0.25) is 18.1 Å². The molecule has 1 radical (unpaired) electrons. The van der Waals surface area contributed by atoms with Gasteiger partial charge in [0.15, 0.2) is 0 Å². The molecular formula is C18H29ClNOSi. The highest BCUT2D eigenvalue weighted by atomic mass is 35.5. The monoisotopic (exact) mass is 338 g/mol. The van der Waals surface area contributed by atoms with E-state index in [1.807, 2.05) is 6.07 Å². The third kappa shape index (κ3) is 5.38. The summed E-state index contributed by atoms with van der Waals surface area (Å²) in [5.41, 5.74) is 2.52. The Morgan fingerprint density at radius 2 is 2.00 bits per heavy atom. The topological polar surface area (TPSA) is 21.3 Å². The van der Waals surface area contributed by atoms with Gasteiger partial charge in [-0.1, -0.05) is 44.5 Å². The molecule has 22 heavy (non-hydrogen) atoms. The van der Waals surface area contributed by atoms with Crippen LogP contribution >= 0.6 is 11.6 Å². The van der Waals surface area contributed by atoms with E-state index in [0.717, 1.165) is 29.6 Å². The molecule has 1 aromatic rings. The molecule has 1 atom stereocenters. The molecule has 0 aromatic heterocycles. The number of hydrogen-bond donors (Lipinski definition) is 1. The number of rotatable bonds is 7. The van der Waals surface area contributed by atoms with Crippen LogP contribution in [0.5, 0.6) is 0 Å². The molecule has 0 saturated heterocycles. The van der Waals surface area contributed by atoms with Crippen LogP contribution in [0.4, 0.5) is 0 Å². The quantitative estimate of drug-likeness (QED) is 0.707. The van der Waals surface area contributed by atoms with Crippen LogP contribution in [0.3, 0.4) is 0 Å². The SMILES string of the molecule is C[Si](C)OC(c1cc(CCNC2CC2)ccc1Cl)C(C)(C)C. The summed E-state index contributed by atoms with van der Waals surface area (Å²) >= 11 is 6.49. The van der Waals surface area contributed by atoms with Crippen molar-refractivity contribution in [3.63, 3.8) is 0 Å². The summed E-state index contributed by atoms with van der Waals surface area (Å²) in [6.07, 6.45) is 3.78. The van der Waals surface area contributed by atoms with Crippen LogP contribution in [0.1, 0.15) is 50.8 Å². The molecule has 0 aliphatic heterocycles. The number of nitrogens with one attached hydrogen (secondary N) is 1. The summed E-state index contributed by atoms with van der Waals surface area (Å²) in [5, 5.41) is 4.39. The van der Waals surface area contributed by atoms with Crippen molar-refractivity contribution in [1.82, 2.24) is 5.32 Å². The molecule has 1 unspecified atom stereocenters. The Labute approximate surface area is 142 Å². The van der Waals surface area contributed by atoms with Gasteiger partial charge in [-0.25, -0.2) is 0 Å². The lowest BCUT2D eigenvalue weighted by molar-refractivity contribution is 0.0866.